The van der Waals surface area contributed by atoms with Gasteiger partial charge in [0.25, 0.3) is 0 Å². The maximum absolute atomic E-state index is 11.3. The van der Waals surface area contributed by atoms with Gasteiger partial charge in [-0.15, -0.1) is 0 Å². The van der Waals surface area contributed by atoms with Gasteiger partial charge in [-0.2, -0.15) is 0 Å². The number of carbonyl (C=O) groups excluding carboxylic acids is 1. The molecule has 0 aromatic carbocycles. The largest absolute Gasteiger partial charge is 0.453 e. The highest BCUT2D eigenvalue weighted by molar-refractivity contribution is 5.69. The van der Waals surface area contributed by atoms with E-state index in [2.05, 4.69) is 20.8 Å². The summed E-state index contributed by atoms with van der Waals surface area (Å²) in [5.74, 6) is 0.636. The molecular formula is C10H19NO2. The van der Waals surface area contributed by atoms with Gasteiger partial charge in [-0.05, 0) is 26.2 Å². The molecule has 0 bridgehead atoms. The molecule has 0 saturated carbocycles. The third-order valence-corrected chi connectivity index (χ3v) is 3.13. The van der Waals surface area contributed by atoms with Crippen molar-refractivity contribution in [2.24, 2.45) is 5.92 Å². The lowest BCUT2D eigenvalue weighted by molar-refractivity contribution is -0.0455. The minimum Gasteiger partial charge on any atom is -0.453 e. The molecule has 0 aromatic rings. The maximum Gasteiger partial charge on any atom is 0.409 e. The Bertz CT molecular complexity index is 201. The Labute approximate surface area is 80.1 Å². The Kier molecular flexibility index (Phi) is 2.84. The summed E-state index contributed by atoms with van der Waals surface area (Å²) in [6.45, 7) is 7.24. The smallest absolute Gasteiger partial charge is 0.409 e. The zero-order chi connectivity index (χ0) is 10.1. The van der Waals surface area contributed by atoms with Gasteiger partial charge in [0.05, 0.1) is 7.11 Å². The lowest BCUT2D eigenvalue weighted by atomic mass is 9.75. The molecule has 3 nitrogen and oxygen atoms in total. The van der Waals surface area contributed by atoms with E-state index in [9.17, 15) is 4.79 Å². The average Bonchev–Trinajstić information content (AvgIpc) is 2.10. The third kappa shape index (κ3) is 1.64. The lowest BCUT2D eigenvalue weighted by Crippen LogP contribution is -2.65. The van der Waals surface area contributed by atoms with Crippen molar-refractivity contribution in [3.63, 3.8) is 0 Å². The van der Waals surface area contributed by atoms with Crippen molar-refractivity contribution in [1.82, 2.24) is 4.90 Å². The van der Waals surface area contributed by atoms with Crippen molar-refractivity contribution in [2.75, 3.05) is 13.7 Å². The van der Waals surface area contributed by atoms with E-state index in [0.29, 0.717) is 5.92 Å². The fraction of sp³-hybridized carbons (Fsp3) is 0.900. The van der Waals surface area contributed by atoms with Crippen molar-refractivity contribution in [3.8, 4) is 0 Å². The van der Waals surface area contributed by atoms with E-state index in [1.54, 1.807) is 4.90 Å². The predicted molar refractivity (Wildman–Crippen MR) is 51.6 cm³/mol. The van der Waals surface area contributed by atoms with E-state index >= 15 is 0 Å². The summed E-state index contributed by atoms with van der Waals surface area (Å²) in [5, 5.41) is 0. The first-order chi connectivity index (χ1) is 6.04. The Balaban J connectivity index is 2.53. The molecule has 0 aromatic heterocycles. The number of hydrogen-bond donors (Lipinski definition) is 0. The summed E-state index contributed by atoms with van der Waals surface area (Å²) in [6.07, 6.45) is 2.18. The molecule has 0 aliphatic carbocycles. The fourth-order valence-corrected chi connectivity index (χ4v) is 2.00. The first kappa shape index (κ1) is 10.4. The standard InChI is InChI=1S/C10H19NO2/c1-5-6-8-7-11(9(12)13-4)10(8,2)3/h8H,5-7H2,1-4H3. The summed E-state index contributed by atoms with van der Waals surface area (Å²) in [5.41, 5.74) is -0.0108. The molecule has 13 heavy (non-hydrogen) atoms. The average molecular weight is 185 g/mol. The number of ether oxygens (including phenoxy) is 1. The number of carbonyl (C=O) groups is 1. The quantitative estimate of drug-likeness (QED) is 0.660. The van der Waals surface area contributed by atoms with Crippen LogP contribution < -0.4 is 0 Å². The van der Waals surface area contributed by atoms with Gasteiger partial charge in [0.1, 0.15) is 0 Å². The van der Waals surface area contributed by atoms with E-state index in [0.717, 1.165) is 6.54 Å². The highest BCUT2D eigenvalue weighted by Crippen LogP contribution is 2.38. The van der Waals surface area contributed by atoms with E-state index in [-0.39, 0.29) is 11.6 Å². The molecule has 1 amide bonds. The monoisotopic (exact) mass is 185 g/mol. The Hall–Kier alpha value is -0.730. The molecule has 3 heteroatoms. The van der Waals surface area contributed by atoms with Crippen molar-refractivity contribution in [3.05, 3.63) is 0 Å². The third-order valence-electron chi connectivity index (χ3n) is 3.13. The van der Waals surface area contributed by atoms with Crippen LogP contribution >= 0.6 is 0 Å². The number of methoxy groups -OCH3 is 1. The fourth-order valence-electron chi connectivity index (χ4n) is 2.00. The van der Waals surface area contributed by atoms with E-state index in [1.807, 2.05) is 0 Å². The van der Waals surface area contributed by atoms with Crippen LogP contribution in [-0.4, -0.2) is 30.2 Å². The molecule has 1 aliphatic heterocycles. The van der Waals surface area contributed by atoms with Gasteiger partial charge in [0.15, 0.2) is 0 Å². The molecule has 0 radical (unpaired) electrons. The summed E-state index contributed by atoms with van der Waals surface area (Å²) >= 11 is 0. The molecule has 1 aliphatic rings. The number of hydrogen-bond acceptors (Lipinski definition) is 2. The zero-order valence-corrected chi connectivity index (χ0v) is 8.96. The molecule has 0 N–H and O–H groups in total. The van der Waals surface area contributed by atoms with Crippen LogP contribution in [0.4, 0.5) is 4.79 Å². The second-order valence-electron chi connectivity index (χ2n) is 4.22. The molecule has 1 heterocycles. The van der Waals surface area contributed by atoms with Crippen LogP contribution in [0.15, 0.2) is 0 Å². The molecule has 1 fully saturated rings. The first-order valence-corrected chi connectivity index (χ1v) is 4.89. The highest BCUT2D eigenvalue weighted by atomic mass is 16.5. The Morgan fingerprint density at radius 1 is 1.62 bits per heavy atom. The van der Waals surface area contributed by atoms with Gasteiger partial charge in [-0.1, -0.05) is 13.3 Å². The van der Waals surface area contributed by atoms with Gasteiger partial charge in [-0.25, -0.2) is 4.79 Å². The number of nitrogens with zero attached hydrogens (tertiary/aromatic N) is 1. The summed E-state index contributed by atoms with van der Waals surface area (Å²) in [4.78, 5) is 13.1. The van der Waals surface area contributed by atoms with Crippen LogP contribution in [0.2, 0.25) is 0 Å². The molecule has 1 unspecified atom stereocenters. The minimum absolute atomic E-state index is 0.0108. The number of amides is 1. The topological polar surface area (TPSA) is 29.5 Å². The van der Waals surface area contributed by atoms with Crippen molar-refractivity contribution in [1.29, 1.82) is 0 Å². The highest BCUT2D eigenvalue weighted by Gasteiger charge is 2.48. The van der Waals surface area contributed by atoms with E-state index in [4.69, 9.17) is 4.74 Å². The Morgan fingerprint density at radius 3 is 2.62 bits per heavy atom. The lowest BCUT2D eigenvalue weighted by Gasteiger charge is -2.54. The van der Waals surface area contributed by atoms with E-state index in [1.165, 1.54) is 20.0 Å². The maximum atomic E-state index is 11.3. The van der Waals surface area contributed by atoms with Crippen molar-refractivity contribution in [2.45, 2.75) is 39.2 Å². The van der Waals surface area contributed by atoms with Crippen LogP contribution in [0.1, 0.15) is 33.6 Å². The molecular weight excluding hydrogens is 166 g/mol. The second-order valence-corrected chi connectivity index (χ2v) is 4.22. The normalized spacial score (nSPS) is 25.2. The van der Waals surface area contributed by atoms with Gasteiger partial charge in [-0.3, -0.25) is 0 Å². The van der Waals surface area contributed by atoms with E-state index < -0.39 is 0 Å². The summed E-state index contributed by atoms with van der Waals surface area (Å²) < 4.78 is 4.70. The van der Waals surface area contributed by atoms with Crippen molar-refractivity contribution < 1.29 is 9.53 Å². The first-order valence-electron chi connectivity index (χ1n) is 4.89. The number of rotatable bonds is 2. The van der Waals surface area contributed by atoms with Crippen LogP contribution in [0, 0.1) is 5.92 Å². The van der Waals surface area contributed by atoms with Crippen molar-refractivity contribution >= 4 is 6.09 Å². The molecule has 1 saturated heterocycles. The Morgan fingerprint density at radius 2 is 2.23 bits per heavy atom. The zero-order valence-electron chi connectivity index (χ0n) is 8.96. The number of likely N-dealkylation sites (tertiary alicyclic amines) is 1. The predicted octanol–water partition coefficient (Wildman–Crippen LogP) is 2.26. The van der Waals surface area contributed by atoms with Crippen LogP contribution in [0.3, 0.4) is 0 Å². The van der Waals surface area contributed by atoms with Gasteiger partial charge >= 0.3 is 6.09 Å². The SMILES string of the molecule is CCCC1CN(C(=O)OC)C1(C)C. The molecule has 76 valence electrons. The summed E-state index contributed by atoms with van der Waals surface area (Å²) in [6, 6.07) is 0. The molecule has 0 spiro atoms. The molecule has 1 rings (SSSR count). The van der Waals surface area contributed by atoms with Crippen LogP contribution in [-0.2, 0) is 4.74 Å². The minimum atomic E-state index is -0.197. The second kappa shape index (κ2) is 3.56. The molecule has 1 atom stereocenters. The van der Waals surface area contributed by atoms with Crippen LogP contribution in [0.25, 0.3) is 0 Å². The van der Waals surface area contributed by atoms with Gasteiger partial charge in [0, 0.05) is 12.1 Å². The summed E-state index contributed by atoms with van der Waals surface area (Å²) in [7, 11) is 1.44. The van der Waals surface area contributed by atoms with Crippen LogP contribution in [0.5, 0.6) is 0 Å². The van der Waals surface area contributed by atoms with Gasteiger partial charge < -0.3 is 9.64 Å². The van der Waals surface area contributed by atoms with Gasteiger partial charge in [0.2, 0.25) is 0 Å².